The van der Waals surface area contributed by atoms with Gasteiger partial charge in [-0.15, -0.1) is 0 Å². The van der Waals surface area contributed by atoms with Gasteiger partial charge in [0.2, 0.25) is 0 Å². The van der Waals surface area contributed by atoms with Crippen molar-refractivity contribution in [2.45, 2.75) is 12.8 Å². The normalized spacial score (nSPS) is 19.7. The van der Waals surface area contributed by atoms with E-state index in [0.29, 0.717) is 0 Å². The summed E-state index contributed by atoms with van der Waals surface area (Å²) in [5.41, 5.74) is 0. The first kappa shape index (κ1) is 22.5. The molecule has 1 aliphatic heterocycles. The first-order valence-electron chi connectivity index (χ1n) is 6.50. The Kier molecular flexibility index (Phi) is 17.5. The quantitative estimate of drug-likeness (QED) is 0.219. The molecular weight excluding hydrogens is 331 g/mol. The fourth-order valence-corrected chi connectivity index (χ4v) is 1.53. The minimum Gasteiger partial charge on any atom is -0.759 e. The number of hydrogen-bond acceptors (Lipinski definition) is 8. The molecule has 0 atom stereocenters. The molecule has 0 bridgehead atoms. The standard InChI is InChI=1S/C10H24N4.Ni.H2O4S/c1-3-11-7-9-13-5-2-6-14-10-8-12-4-1;;1-5(2,3)4/h11-14H,1-10H2;;(H2,1,2,3,4)/q;+2;/p-2. The summed E-state index contributed by atoms with van der Waals surface area (Å²) in [6, 6.07) is 0. The van der Waals surface area contributed by atoms with Crippen LogP contribution in [0.4, 0.5) is 0 Å². The van der Waals surface area contributed by atoms with Crippen LogP contribution in [0.2, 0.25) is 0 Å². The van der Waals surface area contributed by atoms with E-state index in [1.165, 1.54) is 12.8 Å². The molecule has 20 heavy (non-hydrogen) atoms. The van der Waals surface area contributed by atoms with Crippen LogP contribution >= 0.6 is 0 Å². The third-order valence-electron chi connectivity index (χ3n) is 2.37. The van der Waals surface area contributed by atoms with Gasteiger partial charge in [-0.25, -0.2) is 0 Å². The van der Waals surface area contributed by atoms with Crippen LogP contribution < -0.4 is 21.3 Å². The van der Waals surface area contributed by atoms with Crippen LogP contribution in [0.3, 0.4) is 0 Å². The van der Waals surface area contributed by atoms with Crippen molar-refractivity contribution in [1.29, 1.82) is 0 Å². The molecule has 0 aromatic rings. The van der Waals surface area contributed by atoms with Gasteiger partial charge in [0.1, 0.15) is 0 Å². The van der Waals surface area contributed by atoms with Crippen LogP contribution in [-0.2, 0) is 26.9 Å². The van der Waals surface area contributed by atoms with Crippen molar-refractivity contribution in [2.75, 3.05) is 52.4 Å². The Labute approximate surface area is 131 Å². The van der Waals surface area contributed by atoms with Gasteiger partial charge in [0.15, 0.2) is 0 Å². The van der Waals surface area contributed by atoms with E-state index in [-0.39, 0.29) is 16.5 Å². The minimum atomic E-state index is -5.17. The maximum Gasteiger partial charge on any atom is 2.00 e. The Hall–Kier alpha value is 0.204. The van der Waals surface area contributed by atoms with E-state index in [1.54, 1.807) is 0 Å². The molecule has 0 aromatic carbocycles. The third kappa shape index (κ3) is 26.7. The molecule has 0 radical (unpaired) electrons. The Balaban J connectivity index is 0. The zero-order valence-corrected chi connectivity index (χ0v) is 13.2. The van der Waals surface area contributed by atoms with Gasteiger partial charge in [-0.1, -0.05) is 0 Å². The van der Waals surface area contributed by atoms with E-state index >= 15 is 0 Å². The van der Waals surface area contributed by atoms with E-state index in [9.17, 15) is 0 Å². The predicted molar refractivity (Wildman–Crippen MR) is 71.2 cm³/mol. The first-order chi connectivity index (χ1) is 9.00. The Morgan fingerprint density at radius 1 is 0.600 bits per heavy atom. The molecule has 0 spiro atoms. The average Bonchev–Trinajstić information content (AvgIpc) is 2.30. The SMILES string of the molecule is C1CNCCNCCCNCCNC1.O=S(=O)([O-])[O-].[Ni+2]. The summed E-state index contributed by atoms with van der Waals surface area (Å²) in [6.45, 7) is 8.87. The number of hydrogen-bond donors (Lipinski definition) is 4. The molecule has 0 amide bonds. The summed E-state index contributed by atoms with van der Waals surface area (Å²) in [5, 5.41) is 13.7. The largest absolute Gasteiger partial charge is 2.00 e. The summed E-state index contributed by atoms with van der Waals surface area (Å²) in [4.78, 5) is 0. The molecule has 1 heterocycles. The van der Waals surface area contributed by atoms with E-state index in [2.05, 4.69) is 21.3 Å². The minimum absolute atomic E-state index is 0. The van der Waals surface area contributed by atoms with E-state index in [1.807, 2.05) is 0 Å². The maximum atomic E-state index is 8.52. The van der Waals surface area contributed by atoms with E-state index < -0.39 is 10.4 Å². The molecule has 124 valence electrons. The molecule has 10 heteroatoms. The van der Waals surface area contributed by atoms with Gasteiger partial charge in [0.25, 0.3) is 0 Å². The zero-order valence-electron chi connectivity index (χ0n) is 11.4. The molecule has 1 saturated heterocycles. The summed E-state index contributed by atoms with van der Waals surface area (Å²) in [7, 11) is -5.17. The Morgan fingerprint density at radius 2 is 0.800 bits per heavy atom. The zero-order chi connectivity index (χ0) is 14.4. The van der Waals surface area contributed by atoms with Crippen molar-refractivity contribution < 1.29 is 34.0 Å². The van der Waals surface area contributed by atoms with Crippen molar-refractivity contribution in [3.63, 3.8) is 0 Å². The van der Waals surface area contributed by atoms with Crippen molar-refractivity contribution in [2.24, 2.45) is 0 Å². The summed E-state index contributed by atoms with van der Waals surface area (Å²) in [5.74, 6) is 0. The second-order valence-electron chi connectivity index (χ2n) is 4.12. The third-order valence-corrected chi connectivity index (χ3v) is 2.37. The molecule has 8 nitrogen and oxygen atoms in total. The van der Waals surface area contributed by atoms with E-state index in [0.717, 1.165) is 52.4 Å². The van der Waals surface area contributed by atoms with Gasteiger partial charge < -0.3 is 30.4 Å². The summed E-state index contributed by atoms with van der Waals surface area (Å²) < 4.78 is 34.1. The molecule has 1 rings (SSSR count). The van der Waals surface area contributed by atoms with Gasteiger partial charge in [-0.2, -0.15) is 0 Å². The molecule has 4 N–H and O–H groups in total. The van der Waals surface area contributed by atoms with Crippen LogP contribution in [0.1, 0.15) is 12.8 Å². The first-order valence-corrected chi connectivity index (χ1v) is 7.83. The van der Waals surface area contributed by atoms with E-state index in [4.69, 9.17) is 17.5 Å². The predicted octanol–water partition coefficient (Wildman–Crippen LogP) is -2.20. The Morgan fingerprint density at radius 3 is 1.00 bits per heavy atom. The fourth-order valence-electron chi connectivity index (χ4n) is 1.53. The van der Waals surface area contributed by atoms with Crippen molar-refractivity contribution in [3.05, 3.63) is 0 Å². The van der Waals surface area contributed by atoms with Gasteiger partial charge in [0, 0.05) is 36.6 Å². The number of nitrogens with one attached hydrogen (secondary N) is 4. The Bertz CT molecular complexity index is 232. The van der Waals surface area contributed by atoms with Gasteiger partial charge >= 0.3 is 16.5 Å². The maximum absolute atomic E-state index is 8.52. The molecule has 1 aliphatic rings. The summed E-state index contributed by atoms with van der Waals surface area (Å²) >= 11 is 0. The molecule has 0 aliphatic carbocycles. The van der Waals surface area contributed by atoms with Crippen molar-refractivity contribution in [1.82, 2.24) is 21.3 Å². The van der Waals surface area contributed by atoms with Gasteiger partial charge in [0.05, 0.1) is 0 Å². The van der Waals surface area contributed by atoms with Crippen molar-refractivity contribution in [3.8, 4) is 0 Å². The van der Waals surface area contributed by atoms with Crippen LogP contribution in [0.5, 0.6) is 0 Å². The molecule has 0 unspecified atom stereocenters. The average molecular weight is 355 g/mol. The van der Waals surface area contributed by atoms with Crippen LogP contribution in [-0.4, -0.2) is 69.9 Å². The van der Waals surface area contributed by atoms with Crippen LogP contribution in [0.25, 0.3) is 0 Å². The molecule has 0 aromatic heterocycles. The smallest absolute Gasteiger partial charge is 0.759 e. The van der Waals surface area contributed by atoms with Gasteiger partial charge in [-0.3, -0.25) is 8.42 Å². The second-order valence-corrected chi connectivity index (χ2v) is 4.93. The van der Waals surface area contributed by atoms with Crippen LogP contribution in [0, 0.1) is 0 Å². The number of rotatable bonds is 0. The van der Waals surface area contributed by atoms with Gasteiger partial charge in [-0.05, 0) is 39.0 Å². The topological polar surface area (TPSA) is 128 Å². The fraction of sp³-hybridized carbons (Fsp3) is 1.00. The monoisotopic (exact) mass is 354 g/mol. The van der Waals surface area contributed by atoms with Crippen LogP contribution in [0.15, 0.2) is 0 Å². The molecular formula is C10H24N4NiO4S. The van der Waals surface area contributed by atoms with Crippen molar-refractivity contribution >= 4 is 10.4 Å². The summed E-state index contributed by atoms with van der Waals surface area (Å²) in [6.07, 6.45) is 2.44. The molecule has 0 saturated carbocycles. The second kappa shape index (κ2) is 15.6. The molecule has 1 fully saturated rings.